The van der Waals surface area contributed by atoms with Crippen LogP contribution in [-0.4, -0.2) is 4.98 Å². The van der Waals surface area contributed by atoms with E-state index in [1.54, 1.807) is 0 Å². The topological polar surface area (TPSA) is 15.8 Å². The molecule has 0 unspecified atom stereocenters. The van der Waals surface area contributed by atoms with E-state index < -0.39 is 5.41 Å². The molecule has 0 aliphatic heterocycles. The summed E-state index contributed by atoms with van der Waals surface area (Å²) in [5, 5.41) is 3.71. The number of nitrogens with one attached hydrogen (secondary N) is 1. The van der Waals surface area contributed by atoms with Gasteiger partial charge in [0.15, 0.2) is 0 Å². The third-order valence-corrected chi connectivity index (χ3v) is 7.74. The molecule has 7 rings (SSSR count). The van der Waals surface area contributed by atoms with E-state index in [9.17, 15) is 0 Å². The molecular weight excluding hydrogens is 458 g/mol. The van der Waals surface area contributed by atoms with Crippen LogP contribution in [0.2, 0.25) is 0 Å². The number of aromatic amines is 1. The molecule has 38 heavy (non-hydrogen) atoms. The number of para-hydroxylation sites is 1. The van der Waals surface area contributed by atoms with Gasteiger partial charge in [-0.1, -0.05) is 146 Å². The molecule has 0 amide bonds. The molecule has 7 aromatic rings. The van der Waals surface area contributed by atoms with Crippen LogP contribution in [0.25, 0.3) is 32.9 Å². The Morgan fingerprint density at radius 2 is 0.921 bits per heavy atom. The van der Waals surface area contributed by atoms with Crippen LogP contribution in [0.4, 0.5) is 0 Å². The largest absolute Gasteiger partial charge is 0.354 e. The van der Waals surface area contributed by atoms with Gasteiger partial charge in [0.25, 0.3) is 0 Å². The van der Waals surface area contributed by atoms with Gasteiger partial charge in [0, 0.05) is 16.5 Å². The number of benzene rings is 6. The van der Waals surface area contributed by atoms with Crippen molar-refractivity contribution in [1.82, 2.24) is 4.98 Å². The van der Waals surface area contributed by atoms with Gasteiger partial charge in [0.05, 0.1) is 11.1 Å². The highest BCUT2D eigenvalue weighted by molar-refractivity contribution is 5.96. The fourth-order valence-electron chi connectivity index (χ4n) is 6.09. The van der Waals surface area contributed by atoms with Crippen molar-refractivity contribution in [2.75, 3.05) is 0 Å². The predicted octanol–water partition coefficient (Wildman–Crippen LogP) is 9.37. The van der Waals surface area contributed by atoms with E-state index >= 15 is 0 Å². The van der Waals surface area contributed by atoms with E-state index in [0.717, 1.165) is 11.2 Å². The summed E-state index contributed by atoms with van der Waals surface area (Å²) in [7, 11) is 0. The minimum Gasteiger partial charge on any atom is -0.354 e. The van der Waals surface area contributed by atoms with Crippen LogP contribution in [0, 0.1) is 0 Å². The summed E-state index contributed by atoms with van der Waals surface area (Å²) >= 11 is 0. The first-order valence-corrected chi connectivity index (χ1v) is 13.1. The predicted molar refractivity (Wildman–Crippen MR) is 160 cm³/mol. The van der Waals surface area contributed by atoms with Crippen LogP contribution in [0.1, 0.15) is 22.3 Å². The second-order valence-electron chi connectivity index (χ2n) is 9.83. The molecule has 1 aromatic heterocycles. The lowest BCUT2D eigenvalue weighted by atomic mass is 9.64. The maximum Gasteiger partial charge on any atom is 0.0728 e. The monoisotopic (exact) mass is 485 g/mol. The van der Waals surface area contributed by atoms with Crippen LogP contribution in [0.5, 0.6) is 0 Å². The van der Waals surface area contributed by atoms with E-state index in [2.05, 4.69) is 163 Å². The zero-order valence-corrected chi connectivity index (χ0v) is 21.0. The molecular formula is C37H27N. The molecule has 0 atom stereocenters. The molecule has 0 saturated carbocycles. The zero-order valence-electron chi connectivity index (χ0n) is 21.0. The highest BCUT2D eigenvalue weighted by Crippen LogP contribution is 2.51. The van der Waals surface area contributed by atoms with E-state index in [4.69, 9.17) is 0 Å². The minimum absolute atomic E-state index is 0.537. The molecule has 1 nitrogen and oxygen atoms in total. The Balaban J connectivity index is 1.67. The van der Waals surface area contributed by atoms with E-state index in [1.165, 1.54) is 44.0 Å². The highest BCUT2D eigenvalue weighted by Gasteiger charge is 2.42. The summed E-state index contributed by atoms with van der Waals surface area (Å²) in [5.74, 6) is 0. The first-order chi connectivity index (χ1) is 18.9. The van der Waals surface area contributed by atoms with Crippen molar-refractivity contribution in [1.29, 1.82) is 0 Å². The number of H-pyrrole nitrogens is 1. The Morgan fingerprint density at radius 1 is 0.421 bits per heavy atom. The van der Waals surface area contributed by atoms with Crippen molar-refractivity contribution in [3.63, 3.8) is 0 Å². The standard InChI is InChI=1S/C37H27N/c1-4-16-30(17-5-1)37(31-18-6-2-7-19-31,32-20-8-3-9-21-32)35-33-22-12-13-23-34(33)38-36(35)29-25-24-27-14-10-11-15-28(27)26-29/h1-26,38H. The normalized spacial score (nSPS) is 11.7. The van der Waals surface area contributed by atoms with E-state index in [-0.39, 0.29) is 0 Å². The zero-order chi connectivity index (χ0) is 25.4. The Bertz CT molecular complexity index is 1750. The van der Waals surface area contributed by atoms with Gasteiger partial charge in [-0.15, -0.1) is 0 Å². The second kappa shape index (κ2) is 9.21. The number of hydrogen-bond acceptors (Lipinski definition) is 0. The molecule has 0 spiro atoms. The van der Waals surface area contributed by atoms with Crippen molar-refractivity contribution in [2.45, 2.75) is 5.41 Å². The summed E-state index contributed by atoms with van der Waals surface area (Å²) < 4.78 is 0. The summed E-state index contributed by atoms with van der Waals surface area (Å²) in [4.78, 5) is 3.86. The summed E-state index contributed by atoms with van der Waals surface area (Å²) in [5.41, 5.74) is 7.92. The molecule has 0 aliphatic rings. The van der Waals surface area contributed by atoms with Gasteiger partial charge < -0.3 is 4.98 Å². The Morgan fingerprint density at radius 3 is 1.53 bits per heavy atom. The van der Waals surface area contributed by atoms with Crippen LogP contribution in [0.3, 0.4) is 0 Å². The van der Waals surface area contributed by atoms with Crippen molar-refractivity contribution < 1.29 is 0 Å². The molecule has 1 heterocycles. The lowest BCUT2D eigenvalue weighted by molar-refractivity contribution is 0.754. The molecule has 1 heteroatoms. The van der Waals surface area contributed by atoms with Gasteiger partial charge in [-0.2, -0.15) is 0 Å². The molecule has 180 valence electrons. The molecule has 0 radical (unpaired) electrons. The highest BCUT2D eigenvalue weighted by atomic mass is 14.7. The first-order valence-electron chi connectivity index (χ1n) is 13.1. The fraction of sp³-hybridized carbons (Fsp3) is 0.0270. The summed E-state index contributed by atoms with van der Waals surface area (Å²) in [6.45, 7) is 0. The maximum atomic E-state index is 3.86. The Hall–Kier alpha value is -4.88. The van der Waals surface area contributed by atoms with Crippen molar-refractivity contribution in [2.24, 2.45) is 0 Å². The number of fused-ring (bicyclic) bond motifs is 2. The van der Waals surface area contributed by atoms with E-state index in [0.29, 0.717) is 0 Å². The quantitative estimate of drug-likeness (QED) is 0.234. The maximum absolute atomic E-state index is 3.86. The average Bonchev–Trinajstić information content (AvgIpc) is 3.39. The minimum atomic E-state index is -0.537. The summed E-state index contributed by atoms with van der Waals surface area (Å²) in [6.07, 6.45) is 0. The van der Waals surface area contributed by atoms with Gasteiger partial charge in [0.2, 0.25) is 0 Å². The van der Waals surface area contributed by atoms with Gasteiger partial charge in [-0.25, -0.2) is 0 Å². The third-order valence-electron chi connectivity index (χ3n) is 7.74. The molecule has 0 fully saturated rings. The Labute approximate surface area is 223 Å². The van der Waals surface area contributed by atoms with Crippen LogP contribution < -0.4 is 0 Å². The van der Waals surface area contributed by atoms with Crippen LogP contribution in [0.15, 0.2) is 158 Å². The lowest BCUT2D eigenvalue weighted by Crippen LogP contribution is -2.31. The Kier molecular flexibility index (Phi) is 5.41. The van der Waals surface area contributed by atoms with Crippen LogP contribution >= 0.6 is 0 Å². The van der Waals surface area contributed by atoms with E-state index in [1.807, 2.05) is 0 Å². The van der Waals surface area contributed by atoms with Gasteiger partial charge in [-0.05, 0) is 45.2 Å². The molecule has 0 aliphatic carbocycles. The SMILES string of the molecule is c1ccc(C(c2ccccc2)(c2ccccc2)c2c(-c3ccc4ccccc4c3)[nH]c3ccccc23)cc1. The summed E-state index contributed by atoms with van der Waals surface area (Å²) in [6, 6.07) is 56.9. The molecule has 6 aromatic carbocycles. The average molecular weight is 486 g/mol. The smallest absolute Gasteiger partial charge is 0.0728 e. The molecule has 0 bridgehead atoms. The van der Waals surface area contributed by atoms with Gasteiger partial charge in [0.1, 0.15) is 0 Å². The van der Waals surface area contributed by atoms with Crippen molar-refractivity contribution in [3.8, 4) is 11.3 Å². The van der Waals surface area contributed by atoms with Crippen LogP contribution in [-0.2, 0) is 5.41 Å². The molecule has 1 N–H and O–H groups in total. The lowest BCUT2D eigenvalue weighted by Gasteiger charge is -2.37. The first kappa shape index (κ1) is 22.3. The third kappa shape index (κ3) is 3.48. The van der Waals surface area contributed by atoms with Crippen molar-refractivity contribution >= 4 is 21.7 Å². The second-order valence-corrected chi connectivity index (χ2v) is 9.83. The van der Waals surface area contributed by atoms with Crippen molar-refractivity contribution in [3.05, 3.63) is 180 Å². The van der Waals surface area contributed by atoms with Gasteiger partial charge >= 0.3 is 0 Å². The molecule has 0 saturated heterocycles. The fourth-order valence-corrected chi connectivity index (χ4v) is 6.09. The van der Waals surface area contributed by atoms with Gasteiger partial charge in [-0.3, -0.25) is 0 Å². The number of hydrogen-bond donors (Lipinski definition) is 1. The number of rotatable bonds is 5. The number of aromatic nitrogens is 1.